The topological polar surface area (TPSA) is 34.1 Å². The molecule has 0 fully saturated rings. The molecular weight excluding hydrogens is 212 g/mol. The molecule has 1 rings (SSSR count). The van der Waals surface area contributed by atoms with Crippen LogP contribution in [0.4, 0.5) is 5.69 Å². The van der Waals surface area contributed by atoms with Crippen LogP contribution in [0.15, 0.2) is 18.3 Å². The van der Waals surface area contributed by atoms with Crippen LogP contribution in [0.1, 0.15) is 20.3 Å². The van der Waals surface area contributed by atoms with E-state index in [1.54, 1.807) is 19.4 Å². The van der Waals surface area contributed by atoms with Crippen LogP contribution in [0.5, 0.6) is 0 Å². The van der Waals surface area contributed by atoms with Crippen LogP contribution >= 0.6 is 11.6 Å². The molecule has 0 bridgehead atoms. The van der Waals surface area contributed by atoms with Gasteiger partial charge >= 0.3 is 0 Å². The lowest BCUT2D eigenvalue weighted by Crippen LogP contribution is -2.25. The van der Waals surface area contributed by atoms with Crippen molar-refractivity contribution in [1.82, 2.24) is 4.98 Å². The number of rotatable bonds is 5. The van der Waals surface area contributed by atoms with Gasteiger partial charge in [0.2, 0.25) is 0 Å². The number of hydrogen-bond acceptors (Lipinski definition) is 3. The minimum Gasteiger partial charge on any atom is -0.384 e. The second-order valence-corrected chi connectivity index (χ2v) is 4.40. The minimum absolute atomic E-state index is 0.0904. The van der Waals surface area contributed by atoms with Gasteiger partial charge in [-0.1, -0.05) is 11.6 Å². The molecule has 0 radical (unpaired) electrons. The molecule has 0 atom stereocenters. The van der Waals surface area contributed by atoms with E-state index in [0.29, 0.717) is 5.15 Å². The van der Waals surface area contributed by atoms with Crippen molar-refractivity contribution in [2.24, 2.45) is 0 Å². The van der Waals surface area contributed by atoms with E-state index < -0.39 is 0 Å². The van der Waals surface area contributed by atoms with Crippen LogP contribution in [0.25, 0.3) is 0 Å². The number of nitrogens with one attached hydrogen (secondary N) is 1. The van der Waals surface area contributed by atoms with Crippen LogP contribution in [0, 0.1) is 0 Å². The highest BCUT2D eigenvalue weighted by molar-refractivity contribution is 6.29. The number of aromatic nitrogens is 1. The van der Waals surface area contributed by atoms with Crippen molar-refractivity contribution in [2.75, 3.05) is 19.0 Å². The van der Waals surface area contributed by atoms with Crippen molar-refractivity contribution in [3.8, 4) is 0 Å². The maximum absolute atomic E-state index is 5.68. The molecule has 0 aliphatic heterocycles. The molecule has 4 heteroatoms. The Morgan fingerprint density at radius 1 is 1.47 bits per heavy atom. The first-order valence-corrected chi connectivity index (χ1v) is 5.32. The zero-order valence-electron chi connectivity index (χ0n) is 9.38. The van der Waals surface area contributed by atoms with E-state index in [1.807, 2.05) is 6.07 Å². The predicted octanol–water partition coefficient (Wildman–Crippen LogP) is 2.96. The molecule has 3 nitrogen and oxygen atoms in total. The number of anilines is 1. The molecule has 0 saturated heterocycles. The zero-order chi connectivity index (χ0) is 11.3. The number of hydrogen-bond donors (Lipinski definition) is 1. The lowest BCUT2D eigenvalue weighted by atomic mass is 10.1. The first-order chi connectivity index (χ1) is 7.03. The number of methoxy groups -OCH3 is 1. The fourth-order valence-corrected chi connectivity index (χ4v) is 1.20. The zero-order valence-corrected chi connectivity index (χ0v) is 10.1. The Morgan fingerprint density at radius 3 is 2.73 bits per heavy atom. The van der Waals surface area contributed by atoms with Crippen LogP contribution in [0.2, 0.25) is 5.15 Å². The first-order valence-electron chi connectivity index (χ1n) is 4.94. The van der Waals surface area contributed by atoms with Gasteiger partial charge in [-0.05, 0) is 32.4 Å². The molecule has 1 N–H and O–H groups in total. The summed E-state index contributed by atoms with van der Waals surface area (Å²) >= 11 is 5.68. The number of nitrogens with zero attached hydrogens (tertiary/aromatic N) is 1. The first kappa shape index (κ1) is 12.3. The van der Waals surface area contributed by atoms with Gasteiger partial charge in [-0.15, -0.1) is 0 Å². The quantitative estimate of drug-likeness (QED) is 0.787. The second-order valence-electron chi connectivity index (χ2n) is 4.01. The predicted molar refractivity (Wildman–Crippen MR) is 63.4 cm³/mol. The van der Waals surface area contributed by atoms with E-state index in [4.69, 9.17) is 16.3 Å². The van der Waals surface area contributed by atoms with Gasteiger partial charge < -0.3 is 10.1 Å². The van der Waals surface area contributed by atoms with Gasteiger partial charge in [0.25, 0.3) is 0 Å². The average Bonchev–Trinajstić information content (AvgIpc) is 2.21. The smallest absolute Gasteiger partial charge is 0.129 e. The lowest BCUT2D eigenvalue weighted by Gasteiger charge is -2.22. The Hall–Kier alpha value is -0.800. The van der Waals surface area contributed by atoms with Crippen molar-refractivity contribution >= 4 is 17.3 Å². The Kier molecular flexibility index (Phi) is 4.36. The maximum atomic E-state index is 5.68. The van der Waals surface area contributed by atoms with E-state index in [1.165, 1.54) is 0 Å². The summed E-state index contributed by atoms with van der Waals surface area (Å²) in [6, 6.07) is 3.68. The Balaban J connectivity index is 2.35. The fraction of sp³-hybridized carbons (Fsp3) is 0.545. The van der Waals surface area contributed by atoms with Gasteiger partial charge in [0.15, 0.2) is 0 Å². The summed E-state index contributed by atoms with van der Waals surface area (Å²) in [6.07, 6.45) is 2.66. The molecule has 1 aromatic rings. The number of halogens is 1. The molecule has 0 spiro atoms. The van der Waals surface area contributed by atoms with Gasteiger partial charge in [0.05, 0.1) is 17.5 Å². The van der Waals surface area contributed by atoms with Crippen LogP contribution in [0.3, 0.4) is 0 Å². The highest BCUT2D eigenvalue weighted by atomic mass is 35.5. The summed E-state index contributed by atoms with van der Waals surface area (Å²) < 4.78 is 5.32. The third kappa shape index (κ3) is 4.49. The van der Waals surface area contributed by atoms with Crippen molar-refractivity contribution in [3.05, 3.63) is 23.5 Å². The van der Waals surface area contributed by atoms with Crippen LogP contribution in [-0.2, 0) is 4.74 Å². The van der Waals surface area contributed by atoms with Crippen molar-refractivity contribution in [3.63, 3.8) is 0 Å². The van der Waals surface area contributed by atoms with Crippen molar-refractivity contribution in [2.45, 2.75) is 25.9 Å². The minimum atomic E-state index is -0.0904. The largest absolute Gasteiger partial charge is 0.384 e. The van der Waals surface area contributed by atoms with Gasteiger partial charge in [0.1, 0.15) is 5.15 Å². The Labute approximate surface area is 95.8 Å². The Morgan fingerprint density at radius 2 is 2.20 bits per heavy atom. The number of ether oxygens (including phenoxy) is 1. The molecule has 0 aromatic carbocycles. The number of pyridine rings is 1. The van der Waals surface area contributed by atoms with Crippen LogP contribution in [-0.4, -0.2) is 24.2 Å². The third-order valence-corrected chi connectivity index (χ3v) is 2.56. The van der Waals surface area contributed by atoms with Crippen LogP contribution < -0.4 is 5.32 Å². The molecule has 84 valence electrons. The fourth-order valence-electron chi connectivity index (χ4n) is 1.09. The molecule has 15 heavy (non-hydrogen) atoms. The van der Waals surface area contributed by atoms with Gasteiger partial charge in [-0.2, -0.15) is 0 Å². The van der Waals surface area contributed by atoms with E-state index in [9.17, 15) is 0 Å². The van der Waals surface area contributed by atoms with E-state index in [2.05, 4.69) is 24.1 Å². The summed E-state index contributed by atoms with van der Waals surface area (Å²) in [5, 5.41) is 3.77. The monoisotopic (exact) mass is 228 g/mol. The maximum Gasteiger partial charge on any atom is 0.129 e. The van der Waals surface area contributed by atoms with E-state index in [-0.39, 0.29) is 5.60 Å². The molecule has 0 saturated carbocycles. The Bertz CT molecular complexity index is 298. The molecule has 0 aliphatic carbocycles. The summed E-state index contributed by atoms with van der Waals surface area (Å²) in [7, 11) is 1.73. The van der Waals surface area contributed by atoms with Gasteiger partial charge in [-0.25, -0.2) is 4.98 Å². The van der Waals surface area contributed by atoms with E-state index >= 15 is 0 Å². The average molecular weight is 229 g/mol. The summed E-state index contributed by atoms with van der Waals surface area (Å²) in [5.74, 6) is 0. The summed E-state index contributed by atoms with van der Waals surface area (Å²) in [5.41, 5.74) is 0.888. The second kappa shape index (κ2) is 5.33. The standard InChI is InChI=1S/C11H17ClN2O/c1-11(2,15-3)6-7-13-9-4-5-10(12)14-8-9/h4-5,8,13H,6-7H2,1-3H3. The van der Waals surface area contributed by atoms with Crippen molar-refractivity contribution in [1.29, 1.82) is 0 Å². The molecule has 0 unspecified atom stereocenters. The molecule has 0 amide bonds. The molecule has 1 aromatic heterocycles. The van der Waals surface area contributed by atoms with Gasteiger partial charge in [-0.3, -0.25) is 0 Å². The molecule has 1 heterocycles. The summed E-state index contributed by atoms with van der Waals surface area (Å²) in [6.45, 7) is 4.98. The highest BCUT2D eigenvalue weighted by Gasteiger charge is 2.14. The molecule has 0 aliphatic rings. The van der Waals surface area contributed by atoms with Crippen molar-refractivity contribution < 1.29 is 4.74 Å². The highest BCUT2D eigenvalue weighted by Crippen LogP contribution is 2.14. The SMILES string of the molecule is COC(C)(C)CCNc1ccc(Cl)nc1. The van der Waals surface area contributed by atoms with Gasteiger partial charge in [0, 0.05) is 13.7 Å². The normalized spacial score (nSPS) is 11.5. The molecular formula is C11H17ClN2O. The van der Waals surface area contributed by atoms with E-state index in [0.717, 1.165) is 18.7 Å². The lowest BCUT2D eigenvalue weighted by molar-refractivity contribution is 0.0185. The summed E-state index contributed by atoms with van der Waals surface area (Å²) in [4.78, 5) is 3.99. The third-order valence-electron chi connectivity index (χ3n) is 2.34.